The normalized spacial score (nSPS) is 28.4. The Bertz CT molecular complexity index is 208. The van der Waals surface area contributed by atoms with Crippen molar-refractivity contribution in [2.45, 2.75) is 63.6 Å². The lowest BCUT2D eigenvalue weighted by molar-refractivity contribution is -0.100. The van der Waals surface area contributed by atoms with Crippen LogP contribution in [-0.2, 0) is 9.47 Å². The van der Waals surface area contributed by atoms with Gasteiger partial charge in [-0.1, -0.05) is 26.2 Å². The van der Waals surface area contributed by atoms with Gasteiger partial charge in [-0.15, -0.1) is 0 Å². The highest BCUT2D eigenvalue weighted by Gasteiger charge is 2.33. The van der Waals surface area contributed by atoms with Crippen LogP contribution < -0.4 is 5.32 Å². The van der Waals surface area contributed by atoms with E-state index >= 15 is 0 Å². The Kier molecular flexibility index (Phi) is 5.26. The van der Waals surface area contributed by atoms with Crippen LogP contribution in [-0.4, -0.2) is 38.0 Å². The molecule has 2 aliphatic rings. The predicted octanol–water partition coefficient (Wildman–Crippen LogP) is 2.49. The molecule has 0 aromatic rings. The predicted molar refractivity (Wildman–Crippen MR) is 69.3 cm³/mol. The highest BCUT2D eigenvalue weighted by atomic mass is 16.5. The Morgan fingerprint density at radius 1 is 1.24 bits per heavy atom. The van der Waals surface area contributed by atoms with E-state index in [1.54, 1.807) is 0 Å². The fourth-order valence-electron chi connectivity index (χ4n) is 2.97. The van der Waals surface area contributed by atoms with E-state index in [0.29, 0.717) is 6.10 Å². The first-order valence-electron chi connectivity index (χ1n) is 7.31. The van der Waals surface area contributed by atoms with Crippen molar-refractivity contribution in [2.75, 3.05) is 26.3 Å². The molecule has 1 heterocycles. The standard InChI is InChI=1S/C14H27NO2/c1-2-15-12-14(8-4-3-5-9-14)17-11-13-7-6-10-16-13/h13,15H,2-12H2,1H3. The Balaban J connectivity index is 1.80. The van der Waals surface area contributed by atoms with Crippen LogP contribution in [0.1, 0.15) is 51.9 Å². The molecular formula is C14H27NO2. The minimum absolute atomic E-state index is 0.0974. The molecule has 0 amide bonds. The van der Waals surface area contributed by atoms with Gasteiger partial charge in [0.15, 0.2) is 0 Å². The van der Waals surface area contributed by atoms with Gasteiger partial charge in [0.2, 0.25) is 0 Å². The number of rotatable bonds is 6. The van der Waals surface area contributed by atoms with E-state index in [2.05, 4.69) is 12.2 Å². The Hall–Kier alpha value is -0.120. The van der Waals surface area contributed by atoms with Crippen LogP contribution in [0.5, 0.6) is 0 Å². The summed E-state index contributed by atoms with van der Waals surface area (Å²) < 4.78 is 11.9. The summed E-state index contributed by atoms with van der Waals surface area (Å²) in [5, 5.41) is 3.47. The lowest BCUT2D eigenvalue weighted by Gasteiger charge is -2.38. The average Bonchev–Trinajstić information content (AvgIpc) is 2.89. The second kappa shape index (κ2) is 6.72. The molecule has 1 unspecified atom stereocenters. The van der Waals surface area contributed by atoms with Crippen LogP contribution in [0.25, 0.3) is 0 Å². The minimum atomic E-state index is 0.0974. The zero-order valence-corrected chi connectivity index (χ0v) is 11.2. The van der Waals surface area contributed by atoms with E-state index in [1.807, 2.05) is 0 Å². The Morgan fingerprint density at radius 2 is 2.06 bits per heavy atom. The summed E-state index contributed by atoms with van der Waals surface area (Å²) in [6.45, 7) is 5.93. The van der Waals surface area contributed by atoms with E-state index in [9.17, 15) is 0 Å². The number of nitrogens with one attached hydrogen (secondary N) is 1. The van der Waals surface area contributed by atoms with Crippen molar-refractivity contribution in [3.8, 4) is 0 Å². The number of hydrogen-bond donors (Lipinski definition) is 1. The van der Waals surface area contributed by atoms with Gasteiger partial charge < -0.3 is 14.8 Å². The Labute approximate surface area is 105 Å². The summed E-state index contributed by atoms with van der Waals surface area (Å²) >= 11 is 0. The van der Waals surface area contributed by atoms with Crippen molar-refractivity contribution in [1.29, 1.82) is 0 Å². The van der Waals surface area contributed by atoms with Crippen molar-refractivity contribution in [3.63, 3.8) is 0 Å². The largest absolute Gasteiger partial charge is 0.376 e. The maximum absolute atomic E-state index is 6.27. The molecule has 2 rings (SSSR count). The van der Waals surface area contributed by atoms with E-state index < -0.39 is 0 Å². The topological polar surface area (TPSA) is 30.5 Å². The molecule has 0 spiro atoms. The van der Waals surface area contributed by atoms with Gasteiger partial charge >= 0.3 is 0 Å². The SMILES string of the molecule is CCNCC1(OCC2CCCO2)CCCCC1. The molecule has 2 fully saturated rings. The third-order valence-electron chi connectivity index (χ3n) is 4.06. The smallest absolute Gasteiger partial charge is 0.0809 e. The minimum Gasteiger partial charge on any atom is -0.376 e. The van der Waals surface area contributed by atoms with Crippen LogP contribution in [0, 0.1) is 0 Å². The van der Waals surface area contributed by atoms with E-state index in [0.717, 1.165) is 26.3 Å². The second-order valence-corrected chi connectivity index (χ2v) is 5.47. The maximum Gasteiger partial charge on any atom is 0.0809 e. The molecule has 1 saturated carbocycles. The first kappa shape index (κ1) is 13.3. The molecule has 0 bridgehead atoms. The van der Waals surface area contributed by atoms with Gasteiger partial charge in [0.1, 0.15) is 0 Å². The zero-order chi connectivity index (χ0) is 12.0. The molecule has 17 heavy (non-hydrogen) atoms. The van der Waals surface area contributed by atoms with Crippen LogP contribution in [0.15, 0.2) is 0 Å². The molecule has 0 radical (unpaired) electrons. The molecule has 1 aliphatic heterocycles. The van der Waals surface area contributed by atoms with Gasteiger partial charge in [-0.3, -0.25) is 0 Å². The molecule has 100 valence electrons. The molecule has 1 saturated heterocycles. The van der Waals surface area contributed by atoms with Crippen LogP contribution >= 0.6 is 0 Å². The molecule has 3 heteroatoms. The lowest BCUT2D eigenvalue weighted by atomic mass is 9.84. The Morgan fingerprint density at radius 3 is 2.71 bits per heavy atom. The first-order valence-corrected chi connectivity index (χ1v) is 7.31. The molecule has 1 atom stereocenters. The first-order chi connectivity index (χ1) is 8.35. The average molecular weight is 241 g/mol. The quantitative estimate of drug-likeness (QED) is 0.775. The fraction of sp³-hybridized carbons (Fsp3) is 1.00. The third-order valence-corrected chi connectivity index (χ3v) is 4.06. The van der Waals surface area contributed by atoms with Gasteiger partial charge in [0, 0.05) is 13.2 Å². The van der Waals surface area contributed by atoms with Gasteiger partial charge in [0.05, 0.1) is 18.3 Å². The summed E-state index contributed by atoms with van der Waals surface area (Å²) in [7, 11) is 0. The van der Waals surface area contributed by atoms with Gasteiger partial charge in [-0.25, -0.2) is 0 Å². The highest BCUT2D eigenvalue weighted by Crippen LogP contribution is 2.32. The summed E-state index contributed by atoms with van der Waals surface area (Å²) in [5.74, 6) is 0. The number of hydrogen-bond acceptors (Lipinski definition) is 3. The molecule has 1 N–H and O–H groups in total. The number of ether oxygens (including phenoxy) is 2. The van der Waals surface area contributed by atoms with Crippen molar-refractivity contribution in [3.05, 3.63) is 0 Å². The molecule has 0 aromatic heterocycles. The monoisotopic (exact) mass is 241 g/mol. The molecular weight excluding hydrogens is 214 g/mol. The van der Waals surface area contributed by atoms with Crippen molar-refractivity contribution >= 4 is 0 Å². The summed E-state index contributed by atoms with van der Waals surface area (Å²) in [5.41, 5.74) is 0.0974. The van der Waals surface area contributed by atoms with Crippen molar-refractivity contribution in [1.82, 2.24) is 5.32 Å². The van der Waals surface area contributed by atoms with Gasteiger partial charge in [0.25, 0.3) is 0 Å². The van der Waals surface area contributed by atoms with Gasteiger partial charge in [-0.2, -0.15) is 0 Å². The summed E-state index contributed by atoms with van der Waals surface area (Å²) in [6, 6.07) is 0. The third kappa shape index (κ3) is 3.94. The van der Waals surface area contributed by atoms with Gasteiger partial charge in [-0.05, 0) is 32.2 Å². The van der Waals surface area contributed by atoms with E-state index in [-0.39, 0.29) is 5.60 Å². The van der Waals surface area contributed by atoms with Crippen molar-refractivity contribution in [2.24, 2.45) is 0 Å². The summed E-state index contributed by atoms with van der Waals surface area (Å²) in [6.07, 6.45) is 9.17. The highest BCUT2D eigenvalue weighted by molar-refractivity contribution is 4.87. The maximum atomic E-state index is 6.27. The van der Waals surface area contributed by atoms with Crippen molar-refractivity contribution < 1.29 is 9.47 Å². The number of likely N-dealkylation sites (N-methyl/N-ethyl adjacent to an activating group) is 1. The summed E-state index contributed by atoms with van der Waals surface area (Å²) in [4.78, 5) is 0. The zero-order valence-electron chi connectivity index (χ0n) is 11.2. The van der Waals surface area contributed by atoms with E-state index in [4.69, 9.17) is 9.47 Å². The second-order valence-electron chi connectivity index (χ2n) is 5.47. The molecule has 1 aliphatic carbocycles. The fourth-order valence-corrected chi connectivity index (χ4v) is 2.97. The molecule has 0 aromatic carbocycles. The van der Waals surface area contributed by atoms with Crippen LogP contribution in [0.3, 0.4) is 0 Å². The van der Waals surface area contributed by atoms with E-state index in [1.165, 1.54) is 44.9 Å². The molecule has 3 nitrogen and oxygen atoms in total. The van der Waals surface area contributed by atoms with Crippen LogP contribution in [0.4, 0.5) is 0 Å². The van der Waals surface area contributed by atoms with Crippen LogP contribution in [0.2, 0.25) is 0 Å². The lowest BCUT2D eigenvalue weighted by Crippen LogP contribution is -2.46.